The van der Waals surface area contributed by atoms with Gasteiger partial charge in [-0.2, -0.15) is 0 Å². The summed E-state index contributed by atoms with van der Waals surface area (Å²) in [5.74, 6) is 1.50. The number of nitrogens with one attached hydrogen (secondary N) is 1. The lowest BCUT2D eigenvalue weighted by atomic mass is 9.95. The van der Waals surface area contributed by atoms with Crippen LogP contribution in [-0.4, -0.2) is 24.3 Å². The molecule has 4 heterocycles. The van der Waals surface area contributed by atoms with E-state index in [4.69, 9.17) is 0 Å². The Morgan fingerprint density at radius 3 is 2.55 bits per heavy atom. The van der Waals surface area contributed by atoms with Gasteiger partial charge in [0.05, 0.1) is 0 Å². The summed E-state index contributed by atoms with van der Waals surface area (Å²) in [6, 6.07) is 1.57. The third-order valence-corrected chi connectivity index (χ3v) is 5.99. The number of halogens is 1. The van der Waals surface area contributed by atoms with E-state index in [1.54, 1.807) is 6.07 Å². The van der Waals surface area contributed by atoms with Gasteiger partial charge in [-0.25, -0.2) is 19.3 Å². The molecule has 0 atom stereocenters. The molecule has 0 bridgehead atoms. The van der Waals surface area contributed by atoms with Crippen LogP contribution in [0.25, 0.3) is 27.8 Å². The van der Waals surface area contributed by atoms with E-state index in [1.807, 2.05) is 43.0 Å². The summed E-state index contributed by atoms with van der Waals surface area (Å²) >= 11 is 0. The van der Waals surface area contributed by atoms with Crippen molar-refractivity contribution in [2.45, 2.75) is 78.1 Å². The molecule has 0 radical (unpaired) electrons. The van der Waals surface area contributed by atoms with E-state index < -0.39 is 0 Å². The molecule has 0 saturated heterocycles. The van der Waals surface area contributed by atoms with Crippen LogP contribution in [0.1, 0.15) is 89.6 Å². The van der Waals surface area contributed by atoms with Crippen molar-refractivity contribution < 1.29 is 4.39 Å². The lowest BCUT2D eigenvalue weighted by molar-refractivity contribution is 0.544. The Bertz CT molecular complexity index is 1170. The fraction of sp³-hybridized carbons (Fsp3) is 0.480. The van der Waals surface area contributed by atoms with Crippen molar-refractivity contribution in [3.8, 4) is 11.1 Å². The standard InChI is InChI=1S/C23H26FN5.C2H6/c1-3-5-14(6-4-2)20-12-27-23-19(24)9-16(13-29(20)23)17-10-26-22-18(17)11-25-21(28-22)15-7-8-15;1-2/h9-15H,3-8H2,1-2H3,(H,25,26,28);1-2H3. The number of fused-ring (bicyclic) bond motifs is 2. The summed E-state index contributed by atoms with van der Waals surface area (Å²) in [6.07, 6.45) is 14.3. The molecule has 6 heteroatoms. The first-order chi connectivity index (χ1) is 15.2. The summed E-state index contributed by atoms with van der Waals surface area (Å²) in [5.41, 5.74) is 4.04. The molecule has 0 amide bonds. The van der Waals surface area contributed by atoms with Crippen LogP contribution in [0.4, 0.5) is 4.39 Å². The molecular weight excluding hydrogens is 389 g/mol. The third kappa shape index (κ3) is 4.08. The predicted molar refractivity (Wildman–Crippen MR) is 124 cm³/mol. The second-order valence-electron chi connectivity index (χ2n) is 8.19. The molecule has 4 aromatic rings. The van der Waals surface area contributed by atoms with Crippen LogP contribution in [0.3, 0.4) is 0 Å². The summed E-state index contributed by atoms with van der Waals surface area (Å²) in [6.45, 7) is 8.39. The van der Waals surface area contributed by atoms with Crippen LogP contribution in [0, 0.1) is 5.82 Å². The molecule has 0 spiro atoms. The maximum absolute atomic E-state index is 14.9. The SMILES string of the molecule is CC.CCCC(CCC)c1cnc2c(F)cc(-c3c[nH]c4nc(C5CC5)ncc34)cn12. The zero-order chi connectivity index (χ0) is 22.0. The summed E-state index contributed by atoms with van der Waals surface area (Å²) < 4.78 is 16.9. The van der Waals surface area contributed by atoms with E-state index in [9.17, 15) is 4.39 Å². The van der Waals surface area contributed by atoms with Gasteiger partial charge in [-0.15, -0.1) is 0 Å². The highest BCUT2D eigenvalue weighted by molar-refractivity contribution is 5.93. The highest BCUT2D eigenvalue weighted by Crippen LogP contribution is 2.39. The van der Waals surface area contributed by atoms with Crippen molar-refractivity contribution in [2.24, 2.45) is 0 Å². The maximum Gasteiger partial charge on any atom is 0.173 e. The lowest BCUT2D eigenvalue weighted by Crippen LogP contribution is -2.03. The zero-order valence-corrected chi connectivity index (χ0v) is 19.0. The number of H-pyrrole nitrogens is 1. The highest BCUT2D eigenvalue weighted by Gasteiger charge is 2.27. The van der Waals surface area contributed by atoms with Gasteiger partial charge >= 0.3 is 0 Å². The summed E-state index contributed by atoms with van der Waals surface area (Å²) in [4.78, 5) is 16.9. The first-order valence-corrected chi connectivity index (χ1v) is 11.7. The highest BCUT2D eigenvalue weighted by atomic mass is 19.1. The first-order valence-electron chi connectivity index (χ1n) is 11.7. The van der Waals surface area contributed by atoms with E-state index >= 15 is 0 Å². The normalized spacial score (nSPS) is 13.7. The molecule has 31 heavy (non-hydrogen) atoms. The number of aromatic nitrogens is 5. The molecule has 5 rings (SSSR count). The largest absolute Gasteiger partial charge is 0.345 e. The molecule has 1 saturated carbocycles. The average molecular weight is 422 g/mol. The lowest BCUT2D eigenvalue weighted by Gasteiger charge is -2.15. The molecular formula is C25H32FN5. The van der Waals surface area contributed by atoms with Crippen LogP contribution >= 0.6 is 0 Å². The number of imidazole rings is 1. The topological polar surface area (TPSA) is 58.9 Å². The van der Waals surface area contributed by atoms with E-state index in [0.717, 1.165) is 59.4 Å². The van der Waals surface area contributed by atoms with Crippen LogP contribution in [-0.2, 0) is 0 Å². The van der Waals surface area contributed by atoms with E-state index in [1.165, 1.54) is 12.8 Å². The number of hydrogen-bond acceptors (Lipinski definition) is 3. The van der Waals surface area contributed by atoms with E-state index in [0.29, 0.717) is 17.5 Å². The fourth-order valence-corrected chi connectivity index (χ4v) is 4.35. The van der Waals surface area contributed by atoms with Gasteiger partial charge in [0, 0.05) is 58.8 Å². The monoisotopic (exact) mass is 421 g/mol. The Hall–Kier alpha value is -2.76. The molecule has 164 valence electrons. The fourth-order valence-electron chi connectivity index (χ4n) is 4.35. The predicted octanol–water partition coefficient (Wildman–Crippen LogP) is 7.00. The molecule has 1 fully saturated rings. The van der Waals surface area contributed by atoms with Gasteiger partial charge in [-0.1, -0.05) is 40.5 Å². The minimum Gasteiger partial charge on any atom is -0.345 e. The van der Waals surface area contributed by atoms with E-state index in [2.05, 4.69) is 33.8 Å². The van der Waals surface area contributed by atoms with Crippen LogP contribution in [0.2, 0.25) is 0 Å². The van der Waals surface area contributed by atoms with Gasteiger partial charge in [0.1, 0.15) is 11.5 Å². The number of nitrogens with zero attached hydrogens (tertiary/aromatic N) is 4. The van der Waals surface area contributed by atoms with Gasteiger partial charge < -0.3 is 9.38 Å². The van der Waals surface area contributed by atoms with Gasteiger partial charge in [0.15, 0.2) is 11.5 Å². The van der Waals surface area contributed by atoms with Gasteiger partial charge in [-0.3, -0.25) is 0 Å². The second-order valence-corrected chi connectivity index (χ2v) is 8.19. The molecule has 1 aliphatic carbocycles. The molecule has 5 nitrogen and oxygen atoms in total. The van der Waals surface area contributed by atoms with Gasteiger partial charge in [0.2, 0.25) is 0 Å². The Kier molecular flexibility index (Phi) is 6.35. The summed E-state index contributed by atoms with van der Waals surface area (Å²) in [7, 11) is 0. The molecule has 1 aliphatic rings. The van der Waals surface area contributed by atoms with Crippen molar-refractivity contribution in [1.82, 2.24) is 24.3 Å². The van der Waals surface area contributed by atoms with Crippen molar-refractivity contribution in [2.75, 3.05) is 0 Å². The average Bonchev–Trinajstić information content (AvgIpc) is 3.41. The molecule has 0 aliphatic heterocycles. The van der Waals surface area contributed by atoms with Crippen molar-refractivity contribution in [1.29, 1.82) is 0 Å². The minimum atomic E-state index is -0.301. The van der Waals surface area contributed by atoms with Crippen molar-refractivity contribution >= 4 is 16.7 Å². The number of hydrogen-bond donors (Lipinski definition) is 1. The molecule has 0 unspecified atom stereocenters. The van der Waals surface area contributed by atoms with Crippen LogP contribution in [0.5, 0.6) is 0 Å². The Labute approximate surface area is 183 Å². The Balaban J connectivity index is 0.00000112. The first kappa shape index (κ1) is 21.5. The Morgan fingerprint density at radius 1 is 1.13 bits per heavy atom. The minimum absolute atomic E-state index is 0.301. The van der Waals surface area contributed by atoms with E-state index in [-0.39, 0.29) is 5.82 Å². The van der Waals surface area contributed by atoms with Crippen molar-refractivity contribution in [3.63, 3.8) is 0 Å². The summed E-state index contributed by atoms with van der Waals surface area (Å²) in [5, 5.41) is 0.925. The molecule has 1 N–H and O–H groups in total. The van der Waals surface area contributed by atoms with Crippen LogP contribution < -0.4 is 0 Å². The quantitative estimate of drug-likeness (QED) is 0.349. The maximum atomic E-state index is 14.9. The van der Waals surface area contributed by atoms with Gasteiger partial charge in [-0.05, 0) is 31.7 Å². The number of pyridine rings is 1. The molecule has 4 aromatic heterocycles. The Morgan fingerprint density at radius 2 is 1.87 bits per heavy atom. The smallest absolute Gasteiger partial charge is 0.173 e. The third-order valence-electron chi connectivity index (χ3n) is 5.99. The molecule has 0 aromatic carbocycles. The number of aromatic amines is 1. The van der Waals surface area contributed by atoms with Crippen LogP contribution in [0.15, 0.2) is 30.9 Å². The van der Waals surface area contributed by atoms with Crippen molar-refractivity contribution in [3.05, 3.63) is 48.2 Å². The zero-order valence-electron chi connectivity index (χ0n) is 19.0. The van der Waals surface area contributed by atoms with Gasteiger partial charge in [0.25, 0.3) is 0 Å². The number of rotatable bonds is 7. The second kappa shape index (κ2) is 9.16.